The van der Waals surface area contributed by atoms with Crippen LogP contribution in [0.4, 0.5) is 10.7 Å². The smallest absolute Gasteiger partial charge is 0.259 e. The summed E-state index contributed by atoms with van der Waals surface area (Å²) in [4.78, 5) is 19.5. The van der Waals surface area contributed by atoms with Crippen molar-refractivity contribution in [3.63, 3.8) is 0 Å². The van der Waals surface area contributed by atoms with Crippen LogP contribution in [0.1, 0.15) is 60.5 Å². The van der Waals surface area contributed by atoms with Gasteiger partial charge in [0.1, 0.15) is 10.8 Å². The number of rotatable bonds is 6. The molecule has 3 aromatic rings. The number of para-hydroxylation sites is 2. The monoisotopic (exact) mass is 460 g/mol. The highest BCUT2D eigenvalue weighted by molar-refractivity contribution is 7.16. The Hall–Kier alpha value is -2.92. The van der Waals surface area contributed by atoms with Crippen LogP contribution < -0.4 is 10.1 Å². The lowest BCUT2D eigenvalue weighted by Crippen LogP contribution is -2.27. The number of anilines is 1. The van der Waals surface area contributed by atoms with E-state index in [1.165, 1.54) is 10.4 Å². The van der Waals surface area contributed by atoms with E-state index < -0.39 is 0 Å². The number of carbonyl (C=O) groups excluding carboxylic acids is 1. The van der Waals surface area contributed by atoms with Crippen LogP contribution in [-0.4, -0.2) is 18.7 Å². The van der Waals surface area contributed by atoms with Gasteiger partial charge in [-0.25, -0.2) is 4.99 Å². The first-order valence-electron chi connectivity index (χ1n) is 11.6. The highest BCUT2D eigenvalue weighted by Gasteiger charge is 2.33. The van der Waals surface area contributed by atoms with Gasteiger partial charge in [0.25, 0.3) is 5.91 Å². The van der Waals surface area contributed by atoms with E-state index in [4.69, 9.17) is 9.73 Å². The van der Waals surface area contributed by atoms with Gasteiger partial charge < -0.3 is 10.1 Å². The summed E-state index contributed by atoms with van der Waals surface area (Å²) in [6.07, 6.45) is 4.83. The number of fused-ring (bicyclic) bond motifs is 1. The number of hydrogen-bond acceptors (Lipinski definition) is 4. The molecular weight excluding hydrogens is 428 g/mol. The molecule has 1 amide bonds. The average Bonchev–Trinajstić information content (AvgIpc) is 3.16. The summed E-state index contributed by atoms with van der Waals surface area (Å²) in [5.41, 5.74) is 3.83. The molecule has 1 N–H and O–H groups in total. The van der Waals surface area contributed by atoms with Crippen molar-refractivity contribution in [1.82, 2.24) is 0 Å². The van der Waals surface area contributed by atoms with Gasteiger partial charge in [-0.2, -0.15) is 0 Å². The Morgan fingerprint density at radius 2 is 1.88 bits per heavy atom. The molecule has 2 aromatic carbocycles. The number of nitrogens with zero attached hydrogens (tertiary/aromatic N) is 1. The molecule has 0 spiro atoms. The second kappa shape index (κ2) is 9.92. The molecule has 1 atom stereocenters. The minimum Gasteiger partial charge on any atom is -0.493 e. The lowest BCUT2D eigenvalue weighted by molar-refractivity contribution is 0.102. The zero-order valence-electron chi connectivity index (χ0n) is 19.9. The number of hydrogen-bond donors (Lipinski definition) is 1. The molecule has 0 saturated carbocycles. The van der Waals surface area contributed by atoms with Gasteiger partial charge >= 0.3 is 0 Å². The van der Waals surface area contributed by atoms with Gasteiger partial charge in [-0.3, -0.25) is 4.79 Å². The highest BCUT2D eigenvalue weighted by Crippen LogP contribution is 2.45. The molecule has 0 fully saturated rings. The molecule has 1 aliphatic carbocycles. The fraction of sp³-hybridized carbons (Fsp3) is 0.357. The van der Waals surface area contributed by atoms with Crippen molar-refractivity contribution in [1.29, 1.82) is 0 Å². The van der Waals surface area contributed by atoms with Gasteiger partial charge in [0.15, 0.2) is 0 Å². The van der Waals surface area contributed by atoms with E-state index >= 15 is 0 Å². The average molecular weight is 461 g/mol. The van der Waals surface area contributed by atoms with E-state index in [2.05, 4.69) is 26.1 Å². The van der Waals surface area contributed by atoms with Crippen molar-refractivity contribution in [3.8, 4) is 5.75 Å². The predicted molar refractivity (Wildman–Crippen MR) is 139 cm³/mol. The molecule has 0 radical (unpaired) electrons. The summed E-state index contributed by atoms with van der Waals surface area (Å²) in [6, 6.07) is 17.5. The predicted octanol–water partition coefficient (Wildman–Crippen LogP) is 7.30. The van der Waals surface area contributed by atoms with Crippen molar-refractivity contribution in [2.24, 2.45) is 16.3 Å². The molecule has 4 nitrogen and oxygen atoms in total. The molecule has 0 aliphatic heterocycles. The van der Waals surface area contributed by atoms with Crippen LogP contribution in [0.3, 0.4) is 0 Å². The number of thiophene rings is 1. The summed E-state index contributed by atoms with van der Waals surface area (Å²) in [7, 11) is 0. The van der Waals surface area contributed by atoms with Gasteiger partial charge in [0.05, 0.1) is 12.2 Å². The lowest BCUT2D eigenvalue weighted by atomic mass is 9.72. The Balaban J connectivity index is 1.71. The van der Waals surface area contributed by atoms with Crippen molar-refractivity contribution >= 4 is 34.1 Å². The van der Waals surface area contributed by atoms with Gasteiger partial charge in [-0.15, -0.1) is 11.3 Å². The first kappa shape index (κ1) is 23.2. The molecule has 33 heavy (non-hydrogen) atoms. The number of amides is 1. The largest absolute Gasteiger partial charge is 0.493 e. The first-order valence-corrected chi connectivity index (χ1v) is 12.4. The second-order valence-corrected chi connectivity index (χ2v) is 10.6. The quantitative estimate of drug-likeness (QED) is 0.392. The van der Waals surface area contributed by atoms with Gasteiger partial charge in [0, 0.05) is 22.3 Å². The van der Waals surface area contributed by atoms with Crippen LogP contribution in [0.5, 0.6) is 5.75 Å². The highest BCUT2D eigenvalue weighted by atomic mass is 32.1. The Kier molecular flexibility index (Phi) is 6.99. The standard InChI is InChI=1S/C28H32N2O2S/c1-5-32-23-14-10-9-11-19(23)18-29-27-25(26(31)30-21-12-7-6-8-13-21)22-16-15-20(28(2,3)4)17-24(22)33-27/h6-14,18,20H,5,15-17H2,1-4H3,(H,30,31)/t20-/m0/s1. The minimum atomic E-state index is -0.0850. The van der Waals surface area contributed by atoms with E-state index in [1.807, 2.05) is 67.7 Å². The van der Waals surface area contributed by atoms with Crippen LogP contribution >= 0.6 is 11.3 Å². The van der Waals surface area contributed by atoms with Crippen molar-refractivity contribution < 1.29 is 9.53 Å². The number of benzene rings is 2. The Bertz CT molecular complexity index is 1140. The van der Waals surface area contributed by atoms with Crippen LogP contribution in [0.15, 0.2) is 59.6 Å². The molecule has 5 heteroatoms. The third-order valence-electron chi connectivity index (χ3n) is 6.27. The number of nitrogens with one attached hydrogen (secondary N) is 1. The lowest BCUT2D eigenvalue weighted by Gasteiger charge is -2.33. The van der Waals surface area contributed by atoms with Crippen LogP contribution in [0, 0.1) is 11.3 Å². The van der Waals surface area contributed by atoms with Crippen LogP contribution in [0.25, 0.3) is 0 Å². The van der Waals surface area contributed by atoms with Crippen molar-refractivity contribution in [3.05, 3.63) is 76.2 Å². The van der Waals surface area contributed by atoms with Gasteiger partial charge in [-0.05, 0) is 67.3 Å². The topological polar surface area (TPSA) is 50.7 Å². The molecule has 0 unspecified atom stereocenters. The summed E-state index contributed by atoms with van der Waals surface area (Å²) in [5.74, 6) is 1.32. The summed E-state index contributed by atoms with van der Waals surface area (Å²) in [5, 5.41) is 3.85. The molecule has 0 saturated heterocycles. The normalized spacial score (nSPS) is 15.9. The molecule has 4 rings (SSSR count). The second-order valence-electron chi connectivity index (χ2n) is 9.54. The van der Waals surface area contributed by atoms with E-state index in [-0.39, 0.29) is 11.3 Å². The minimum absolute atomic E-state index is 0.0850. The number of ether oxygens (including phenoxy) is 1. The zero-order chi connectivity index (χ0) is 23.4. The SMILES string of the molecule is CCOc1ccccc1C=Nc1sc2c(c1C(=O)Nc1ccccc1)CC[C@H](C(C)(C)C)C2. The molecule has 1 aliphatic rings. The van der Waals surface area contributed by atoms with E-state index in [0.29, 0.717) is 12.5 Å². The van der Waals surface area contributed by atoms with Gasteiger partial charge in [-0.1, -0.05) is 51.1 Å². The van der Waals surface area contributed by atoms with Crippen LogP contribution in [0.2, 0.25) is 0 Å². The summed E-state index contributed by atoms with van der Waals surface area (Å²) >= 11 is 1.66. The fourth-order valence-corrected chi connectivity index (χ4v) is 5.62. The molecular formula is C28H32N2O2S. The maximum absolute atomic E-state index is 13.4. The molecule has 0 bridgehead atoms. The van der Waals surface area contributed by atoms with E-state index in [9.17, 15) is 4.79 Å². The molecule has 172 valence electrons. The fourth-order valence-electron chi connectivity index (χ4n) is 4.35. The Morgan fingerprint density at radius 3 is 2.61 bits per heavy atom. The summed E-state index contributed by atoms with van der Waals surface area (Å²) in [6.45, 7) is 9.49. The van der Waals surface area contributed by atoms with Gasteiger partial charge in [0.2, 0.25) is 0 Å². The zero-order valence-corrected chi connectivity index (χ0v) is 20.7. The molecule has 1 heterocycles. The van der Waals surface area contributed by atoms with Crippen molar-refractivity contribution in [2.75, 3.05) is 11.9 Å². The van der Waals surface area contributed by atoms with E-state index in [0.717, 1.165) is 46.8 Å². The number of aliphatic imine (C=N–C) groups is 1. The Labute approximate surface area is 200 Å². The third-order valence-corrected chi connectivity index (χ3v) is 7.43. The summed E-state index contributed by atoms with van der Waals surface area (Å²) < 4.78 is 5.75. The van der Waals surface area contributed by atoms with Crippen LogP contribution in [-0.2, 0) is 12.8 Å². The first-order chi connectivity index (χ1) is 15.9. The molecule has 1 aromatic heterocycles. The third kappa shape index (κ3) is 5.36. The Morgan fingerprint density at radius 1 is 1.15 bits per heavy atom. The maximum atomic E-state index is 13.4. The van der Waals surface area contributed by atoms with Crippen molar-refractivity contribution in [2.45, 2.75) is 47.0 Å². The number of carbonyl (C=O) groups is 1. The maximum Gasteiger partial charge on any atom is 0.259 e. The van der Waals surface area contributed by atoms with E-state index in [1.54, 1.807) is 11.3 Å².